The molecule has 1 heterocycles. The molecule has 1 aliphatic carbocycles. The third-order valence-corrected chi connectivity index (χ3v) is 5.60. The molecule has 1 saturated heterocycles. The monoisotopic (exact) mass is 287 g/mol. The number of hydrogen-bond donors (Lipinski definition) is 0. The molecule has 110 valence electrons. The second kappa shape index (κ2) is 5.08. The molecule has 4 nitrogen and oxygen atoms in total. The zero-order chi connectivity index (χ0) is 14.3. The van der Waals surface area contributed by atoms with Crippen LogP contribution in [0.2, 0.25) is 0 Å². The summed E-state index contributed by atoms with van der Waals surface area (Å²) in [6.45, 7) is 5.14. The Morgan fingerprint density at radius 3 is 2.47 bits per heavy atom. The van der Waals surface area contributed by atoms with Crippen LogP contribution in [-0.4, -0.2) is 43.8 Å². The number of rotatable bonds is 5. The average molecular weight is 287 g/mol. The smallest absolute Gasteiger partial charge is 0.223 e. The van der Waals surface area contributed by atoms with E-state index in [2.05, 4.69) is 13.8 Å². The zero-order valence-electron chi connectivity index (χ0n) is 12.2. The van der Waals surface area contributed by atoms with Crippen molar-refractivity contribution in [3.05, 3.63) is 0 Å². The fraction of sp³-hybridized carbons (Fsp3) is 0.929. The van der Waals surface area contributed by atoms with Crippen molar-refractivity contribution in [2.45, 2.75) is 52.0 Å². The summed E-state index contributed by atoms with van der Waals surface area (Å²) < 4.78 is 22.9. The lowest BCUT2D eigenvalue weighted by atomic mass is 10.0. The van der Waals surface area contributed by atoms with Crippen molar-refractivity contribution in [1.29, 1.82) is 0 Å². The van der Waals surface area contributed by atoms with Crippen LogP contribution in [0.3, 0.4) is 0 Å². The number of hydrogen-bond acceptors (Lipinski definition) is 3. The molecule has 2 atom stereocenters. The fourth-order valence-electron chi connectivity index (χ4n) is 3.37. The molecule has 0 N–H and O–H groups in total. The van der Waals surface area contributed by atoms with Crippen molar-refractivity contribution >= 4 is 15.7 Å². The number of sulfone groups is 1. The van der Waals surface area contributed by atoms with E-state index in [1.165, 1.54) is 6.26 Å². The quantitative estimate of drug-likeness (QED) is 0.775. The van der Waals surface area contributed by atoms with Gasteiger partial charge >= 0.3 is 0 Å². The highest BCUT2D eigenvalue weighted by Gasteiger charge is 2.48. The van der Waals surface area contributed by atoms with Crippen molar-refractivity contribution in [2.24, 2.45) is 11.3 Å². The molecule has 0 bridgehead atoms. The molecule has 0 aromatic rings. The molecule has 1 amide bonds. The van der Waals surface area contributed by atoms with E-state index in [0.717, 1.165) is 32.2 Å². The summed E-state index contributed by atoms with van der Waals surface area (Å²) >= 11 is 0. The van der Waals surface area contributed by atoms with Gasteiger partial charge in [-0.15, -0.1) is 0 Å². The van der Waals surface area contributed by atoms with Gasteiger partial charge in [0.1, 0.15) is 9.84 Å². The predicted molar refractivity (Wildman–Crippen MR) is 75.6 cm³/mol. The first-order valence-corrected chi connectivity index (χ1v) is 9.28. The molecule has 0 spiro atoms. The topological polar surface area (TPSA) is 54.5 Å². The minimum atomic E-state index is -2.99. The summed E-state index contributed by atoms with van der Waals surface area (Å²) in [5.74, 6) is 0.905. The van der Waals surface area contributed by atoms with E-state index < -0.39 is 9.84 Å². The fourth-order valence-corrected chi connectivity index (χ4v) is 4.87. The zero-order valence-corrected chi connectivity index (χ0v) is 13.0. The summed E-state index contributed by atoms with van der Waals surface area (Å²) in [4.78, 5) is 14.4. The number of likely N-dealkylation sites (tertiary alicyclic amines) is 1. The van der Waals surface area contributed by atoms with Crippen molar-refractivity contribution < 1.29 is 13.2 Å². The Labute approximate surface area is 116 Å². The Bertz CT molecular complexity index is 453. The number of nitrogens with zero attached hydrogens (tertiary/aromatic N) is 1. The van der Waals surface area contributed by atoms with E-state index >= 15 is 0 Å². The lowest BCUT2D eigenvalue weighted by molar-refractivity contribution is -0.133. The van der Waals surface area contributed by atoms with Crippen molar-refractivity contribution in [3.8, 4) is 0 Å². The van der Waals surface area contributed by atoms with Gasteiger partial charge in [-0.3, -0.25) is 4.79 Å². The molecule has 2 aliphatic rings. The van der Waals surface area contributed by atoms with Crippen LogP contribution in [0.25, 0.3) is 0 Å². The number of carbonyl (C=O) groups is 1. The summed E-state index contributed by atoms with van der Waals surface area (Å²) in [6.07, 6.45) is 5.53. The molecule has 0 unspecified atom stereocenters. The van der Waals surface area contributed by atoms with Crippen LogP contribution in [0.5, 0.6) is 0 Å². The van der Waals surface area contributed by atoms with Gasteiger partial charge < -0.3 is 4.90 Å². The summed E-state index contributed by atoms with van der Waals surface area (Å²) in [5, 5.41) is 0. The molecule has 5 heteroatoms. The minimum Gasteiger partial charge on any atom is -0.339 e. The second-order valence-corrected chi connectivity index (χ2v) is 8.84. The van der Waals surface area contributed by atoms with Crippen LogP contribution < -0.4 is 0 Å². The van der Waals surface area contributed by atoms with E-state index in [-0.39, 0.29) is 17.1 Å². The Kier molecular flexibility index (Phi) is 3.96. The Morgan fingerprint density at radius 1 is 1.37 bits per heavy atom. The molecule has 1 saturated carbocycles. The molecule has 0 aromatic carbocycles. The molecular formula is C14H25NO3S. The van der Waals surface area contributed by atoms with E-state index in [9.17, 15) is 13.2 Å². The van der Waals surface area contributed by atoms with Crippen molar-refractivity contribution in [2.75, 3.05) is 18.6 Å². The highest BCUT2D eigenvalue weighted by molar-refractivity contribution is 7.90. The molecule has 0 radical (unpaired) electrons. The lowest BCUT2D eigenvalue weighted by Gasteiger charge is -2.26. The number of carbonyl (C=O) groups excluding carboxylic acids is 1. The maximum Gasteiger partial charge on any atom is 0.223 e. The van der Waals surface area contributed by atoms with E-state index in [4.69, 9.17) is 0 Å². The van der Waals surface area contributed by atoms with E-state index in [1.807, 2.05) is 4.90 Å². The van der Waals surface area contributed by atoms with Gasteiger partial charge in [-0.05, 0) is 37.0 Å². The average Bonchev–Trinajstić information content (AvgIpc) is 2.87. The first-order chi connectivity index (χ1) is 8.75. The van der Waals surface area contributed by atoms with Gasteiger partial charge in [-0.2, -0.15) is 0 Å². The van der Waals surface area contributed by atoms with Crippen LogP contribution in [0.4, 0.5) is 0 Å². The normalized spacial score (nSPS) is 29.5. The van der Waals surface area contributed by atoms with Gasteiger partial charge in [-0.25, -0.2) is 8.42 Å². The second-order valence-electron chi connectivity index (χ2n) is 6.70. The SMILES string of the molecule is CC[C@H]1C[C@@H](C)CN1C(=O)CC1(CS(C)(=O)=O)CC1. The highest BCUT2D eigenvalue weighted by atomic mass is 32.2. The largest absolute Gasteiger partial charge is 0.339 e. The third-order valence-electron chi connectivity index (χ3n) is 4.47. The van der Waals surface area contributed by atoms with E-state index in [1.54, 1.807) is 0 Å². The maximum atomic E-state index is 12.4. The molecule has 2 rings (SSSR count). The Hall–Kier alpha value is -0.580. The van der Waals surface area contributed by atoms with Crippen LogP contribution >= 0.6 is 0 Å². The minimum absolute atomic E-state index is 0.164. The van der Waals surface area contributed by atoms with Crippen LogP contribution in [-0.2, 0) is 14.6 Å². The van der Waals surface area contributed by atoms with Crippen molar-refractivity contribution in [3.63, 3.8) is 0 Å². The van der Waals surface area contributed by atoms with Gasteiger partial charge in [0.2, 0.25) is 5.91 Å². The molecular weight excluding hydrogens is 262 g/mol. The standard InChI is InChI=1S/C14H25NO3S/c1-4-12-7-11(2)9-15(12)13(16)8-14(5-6-14)10-19(3,17)18/h11-12H,4-10H2,1-3H3/t11-,12+/m1/s1. The lowest BCUT2D eigenvalue weighted by Crippen LogP contribution is -2.37. The third kappa shape index (κ3) is 3.71. The first-order valence-electron chi connectivity index (χ1n) is 7.22. The number of amides is 1. The van der Waals surface area contributed by atoms with Crippen LogP contribution in [0.15, 0.2) is 0 Å². The maximum absolute atomic E-state index is 12.4. The Balaban J connectivity index is 1.98. The highest BCUT2D eigenvalue weighted by Crippen LogP contribution is 2.50. The molecule has 2 fully saturated rings. The van der Waals surface area contributed by atoms with Gasteiger partial charge in [0, 0.05) is 25.3 Å². The van der Waals surface area contributed by atoms with Crippen LogP contribution in [0, 0.1) is 11.3 Å². The molecule has 19 heavy (non-hydrogen) atoms. The first kappa shape index (κ1) is 14.8. The molecule has 1 aliphatic heterocycles. The predicted octanol–water partition coefficient (Wildman–Crippen LogP) is 1.85. The van der Waals surface area contributed by atoms with Gasteiger partial charge in [0.15, 0.2) is 0 Å². The van der Waals surface area contributed by atoms with Crippen LogP contribution in [0.1, 0.15) is 46.0 Å². The summed E-state index contributed by atoms with van der Waals surface area (Å²) in [5.41, 5.74) is -0.241. The Morgan fingerprint density at radius 2 is 2.00 bits per heavy atom. The van der Waals surface area contributed by atoms with Gasteiger partial charge in [0.25, 0.3) is 0 Å². The van der Waals surface area contributed by atoms with Gasteiger partial charge in [-0.1, -0.05) is 13.8 Å². The molecule has 0 aromatic heterocycles. The summed E-state index contributed by atoms with van der Waals surface area (Å²) in [7, 11) is -2.99. The van der Waals surface area contributed by atoms with E-state index in [0.29, 0.717) is 18.4 Å². The summed E-state index contributed by atoms with van der Waals surface area (Å²) in [6, 6.07) is 0.358. The van der Waals surface area contributed by atoms with Gasteiger partial charge in [0.05, 0.1) is 5.75 Å². The van der Waals surface area contributed by atoms with Crippen molar-refractivity contribution in [1.82, 2.24) is 4.90 Å².